The number of aromatic nitrogens is 1. The van der Waals surface area contributed by atoms with Crippen molar-refractivity contribution in [1.29, 1.82) is 0 Å². The van der Waals surface area contributed by atoms with Crippen molar-refractivity contribution < 1.29 is 4.79 Å². The monoisotopic (exact) mass is 265 g/mol. The number of carbonyl (C=O) groups is 1. The number of hydrogen-bond acceptors (Lipinski definition) is 4. The van der Waals surface area contributed by atoms with Gasteiger partial charge in [0.15, 0.2) is 0 Å². The minimum atomic E-state index is 0.186. The Morgan fingerprint density at radius 3 is 3.11 bits per heavy atom. The molecule has 1 amide bonds. The Kier molecular flexibility index (Phi) is 3.61. The van der Waals surface area contributed by atoms with Gasteiger partial charge in [0.2, 0.25) is 5.91 Å². The molecule has 2 aliphatic heterocycles. The largest absolute Gasteiger partial charge is 0.333 e. The summed E-state index contributed by atoms with van der Waals surface area (Å²) < 4.78 is 0. The lowest BCUT2D eigenvalue weighted by Crippen LogP contribution is -2.42. The van der Waals surface area contributed by atoms with E-state index in [2.05, 4.69) is 15.2 Å². The van der Waals surface area contributed by atoms with E-state index < -0.39 is 0 Å². The van der Waals surface area contributed by atoms with Gasteiger partial charge in [-0.05, 0) is 32.2 Å². The topological polar surface area (TPSA) is 45.2 Å². The van der Waals surface area contributed by atoms with Crippen LogP contribution in [0.25, 0.3) is 0 Å². The summed E-state index contributed by atoms with van der Waals surface area (Å²) in [5, 5.41) is 6.39. The van der Waals surface area contributed by atoms with Gasteiger partial charge in [-0.1, -0.05) is 0 Å². The number of hydrogen-bond donors (Lipinski definition) is 1. The van der Waals surface area contributed by atoms with E-state index in [1.54, 1.807) is 11.3 Å². The highest BCUT2D eigenvalue weighted by atomic mass is 32.1. The van der Waals surface area contributed by atoms with Gasteiger partial charge < -0.3 is 10.2 Å². The first-order chi connectivity index (χ1) is 8.86. The lowest BCUT2D eigenvalue weighted by molar-refractivity contribution is -0.138. The van der Waals surface area contributed by atoms with Crippen molar-refractivity contribution in [3.8, 4) is 0 Å². The van der Waals surface area contributed by atoms with Crippen molar-refractivity contribution in [3.05, 3.63) is 16.6 Å². The van der Waals surface area contributed by atoms with Crippen molar-refractivity contribution in [2.75, 3.05) is 19.6 Å². The van der Waals surface area contributed by atoms with E-state index in [0.717, 1.165) is 43.9 Å². The number of piperidine rings is 1. The summed E-state index contributed by atoms with van der Waals surface area (Å²) in [4.78, 5) is 19.1. The Morgan fingerprint density at radius 1 is 1.44 bits per heavy atom. The first kappa shape index (κ1) is 12.1. The highest BCUT2D eigenvalue weighted by molar-refractivity contribution is 7.09. The standard InChI is InChI=1S/C13H19N3OS/c17-13(10-4-5-14-9-10)16-7-2-1-3-11(16)12-15-6-8-18-12/h6,8,10-11,14H,1-5,7,9H2. The molecule has 0 spiro atoms. The molecular formula is C13H19N3OS. The predicted molar refractivity (Wildman–Crippen MR) is 71.4 cm³/mol. The van der Waals surface area contributed by atoms with Crippen LogP contribution in [0.3, 0.4) is 0 Å². The van der Waals surface area contributed by atoms with Gasteiger partial charge in [-0.3, -0.25) is 4.79 Å². The lowest BCUT2D eigenvalue weighted by atomic mass is 9.99. The van der Waals surface area contributed by atoms with E-state index in [0.29, 0.717) is 5.91 Å². The van der Waals surface area contributed by atoms with Gasteiger partial charge in [0.25, 0.3) is 0 Å². The molecule has 0 aliphatic carbocycles. The Balaban J connectivity index is 1.77. The Hall–Kier alpha value is -0.940. The van der Waals surface area contributed by atoms with Crippen LogP contribution >= 0.6 is 11.3 Å². The Morgan fingerprint density at radius 2 is 2.39 bits per heavy atom. The molecule has 1 aromatic heterocycles. The summed E-state index contributed by atoms with van der Waals surface area (Å²) in [7, 11) is 0. The summed E-state index contributed by atoms with van der Waals surface area (Å²) in [6.07, 6.45) is 6.23. The fourth-order valence-corrected chi connectivity index (χ4v) is 3.74. The molecule has 3 heterocycles. The van der Waals surface area contributed by atoms with Crippen molar-refractivity contribution in [3.63, 3.8) is 0 Å². The van der Waals surface area contributed by atoms with Crippen LogP contribution in [0.1, 0.15) is 36.7 Å². The van der Waals surface area contributed by atoms with E-state index in [-0.39, 0.29) is 12.0 Å². The molecule has 4 nitrogen and oxygen atoms in total. The molecule has 2 aliphatic rings. The van der Waals surface area contributed by atoms with E-state index in [9.17, 15) is 4.79 Å². The van der Waals surface area contributed by atoms with Crippen LogP contribution in [0.4, 0.5) is 0 Å². The number of rotatable bonds is 2. The molecule has 1 aromatic rings. The summed E-state index contributed by atoms with van der Waals surface area (Å²) in [5.74, 6) is 0.519. The molecule has 18 heavy (non-hydrogen) atoms. The fraction of sp³-hybridized carbons (Fsp3) is 0.692. The van der Waals surface area contributed by atoms with Gasteiger partial charge in [-0.2, -0.15) is 0 Å². The van der Waals surface area contributed by atoms with Crippen molar-refractivity contribution in [2.24, 2.45) is 5.92 Å². The van der Waals surface area contributed by atoms with Crippen molar-refractivity contribution >= 4 is 17.2 Å². The van der Waals surface area contributed by atoms with Crippen LogP contribution in [0.15, 0.2) is 11.6 Å². The highest BCUT2D eigenvalue weighted by Gasteiger charge is 2.34. The maximum atomic E-state index is 12.6. The van der Waals surface area contributed by atoms with Crippen LogP contribution in [-0.2, 0) is 4.79 Å². The van der Waals surface area contributed by atoms with Crippen molar-refractivity contribution in [2.45, 2.75) is 31.7 Å². The summed E-state index contributed by atoms with van der Waals surface area (Å²) in [5.41, 5.74) is 0. The molecule has 0 radical (unpaired) electrons. The maximum Gasteiger partial charge on any atom is 0.227 e. The molecule has 0 saturated carbocycles. The molecule has 2 saturated heterocycles. The molecule has 3 rings (SSSR count). The number of likely N-dealkylation sites (tertiary alicyclic amines) is 1. The van der Waals surface area contributed by atoms with Gasteiger partial charge in [0, 0.05) is 24.7 Å². The molecule has 2 fully saturated rings. The third-order valence-corrected chi connectivity index (χ3v) is 4.81. The first-order valence-electron chi connectivity index (χ1n) is 6.77. The normalized spacial score (nSPS) is 28.6. The van der Waals surface area contributed by atoms with E-state index in [1.165, 1.54) is 6.42 Å². The number of nitrogens with zero attached hydrogens (tertiary/aromatic N) is 2. The second-order valence-corrected chi connectivity index (χ2v) is 6.03. The smallest absolute Gasteiger partial charge is 0.227 e. The predicted octanol–water partition coefficient (Wildman–Crippen LogP) is 1.81. The second-order valence-electron chi connectivity index (χ2n) is 5.10. The average molecular weight is 265 g/mol. The molecule has 5 heteroatoms. The van der Waals surface area contributed by atoms with Gasteiger partial charge in [0.1, 0.15) is 5.01 Å². The van der Waals surface area contributed by atoms with Crippen LogP contribution in [-0.4, -0.2) is 35.4 Å². The van der Waals surface area contributed by atoms with Gasteiger partial charge in [-0.25, -0.2) is 4.98 Å². The Bertz CT molecular complexity index is 400. The summed E-state index contributed by atoms with van der Waals surface area (Å²) in [6.45, 7) is 2.73. The zero-order valence-electron chi connectivity index (χ0n) is 10.5. The van der Waals surface area contributed by atoms with E-state index in [4.69, 9.17) is 0 Å². The quantitative estimate of drug-likeness (QED) is 0.887. The number of carbonyl (C=O) groups excluding carboxylic acids is 1. The van der Waals surface area contributed by atoms with Crippen LogP contribution in [0.2, 0.25) is 0 Å². The van der Waals surface area contributed by atoms with Gasteiger partial charge >= 0.3 is 0 Å². The number of nitrogens with one attached hydrogen (secondary N) is 1. The van der Waals surface area contributed by atoms with Gasteiger partial charge in [-0.15, -0.1) is 11.3 Å². The Labute approximate surface area is 111 Å². The lowest BCUT2D eigenvalue weighted by Gasteiger charge is -2.36. The zero-order chi connectivity index (χ0) is 12.4. The molecule has 1 N–H and O–H groups in total. The van der Waals surface area contributed by atoms with Crippen LogP contribution < -0.4 is 5.32 Å². The minimum Gasteiger partial charge on any atom is -0.333 e. The minimum absolute atomic E-state index is 0.186. The molecule has 2 unspecified atom stereocenters. The molecule has 0 bridgehead atoms. The number of amides is 1. The molecular weight excluding hydrogens is 246 g/mol. The third-order valence-electron chi connectivity index (χ3n) is 3.93. The molecule has 0 aromatic carbocycles. The number of thiazole rings is 1. The van der Waals surface area contributed by atoms with Crippen LogP contribution in [0, 0.1) is 5.92 Å². The maximum absolute atomic E-state index is 12.6. The molecule has 2 atom stereocenters. The summed E-state index contributed by atoms with van der Waals surface area (Å²) in [6, 6.07) is 0.229. The second kappa shape index (κ2) is 5.36. The first-order valence-corrected chi connectivity index (χ1v) is 7.65. The fourth-order valence-electron chi connectivity index (χ4n) is 2.95. The van der Waals surface area contributed by atoms with Crippen LogP contribution in [0.5, 0.6) is 0 Å². The van der Waals surface area contributed by atoms with E-state index in [1.807, 2.05) is 11.6 Å². The summed E-state index contributed by atoms with van der Waals surface area (Å²) >= 11 is 1.67. The van der Waals surface area contributed by atoms with E-state index >= 15 is 0 Å². The third kappa shape index (κ3) is 2.29. The van der Waals surface area contributed by atoms with Gasteiger partial charge in [0.05, 0.1) is 12.0 Å². The highest BCUT2D eigenvalue weighted by Crippen LogP contribution is 2.33. The SMILES string of the molecule is O=C(C1CCNC1)N1CCCCC1c1nccs1. The zero-order valence-corrected chi connectivity index (χ0v) is 11.3. The molecule has 98 valence electrons. The van der Waals surface area contributed by atoms with Crippen molar-refractivity contribution in [1.82, 2.24) is 15.2 Å². The average Bonchev–Trinajstić information content (AvgIpc) is 3.11.